The Morgan fingerprint density at radius 3 is 2.55 bits per heavy atom. The molecule has 0 aromatic rings. The van der Waals surface area contributed by atoms with Gasteiger partial charge in [-0.15, -0.1) is 0 Å². The molecule has 0 unspecified atom stereocenters. The van der Waals surface area contributed by atoms with Gasteiger partial charge in [-0.2, -0.15) is 0 Å². The molecule has 0 rings (SSSR count). The van der Waals surface area contributed by atoms with Crippen LogP contribution in [0.3, 0.4) is 0 Å². The molecule has 0 bridgehead atoms. The van der Waals surface area contributed by atoms with E-state index in [9.17, 15) is 0 Å². The molecule has 0 aliphatic heterocycles. The summed E-state index contributed by atoms with van der Waals surface area (Å²) in [7, 11) is 0. The molecule has 0 radical (unpaired) electrons. The van der Waals surface area contributed by atoms with Crippen molar-refractivity contribution >= 4 is 35.0 Å². The standard InChI is InChI=1S/C7H10IN3/c1-7(9)6-11-5-4-10-3-2-8/h2-6H,9H2,1H3/b3-2-,7-6?,10-4?,11-5?. The van der Waals surface area contributed by atoms with Gasteiger partial charge in [0.05, 0.1) is 0 Å². The summed E-state index contributed by atoms with van der Waals surface area (Å²) in [6.45, 7) is 1.78. The van der Waals surface area contributed by atoms with E-state index < -0.39 is 0 Å². The zero-order valence-electron chi connectivity index (χ0n) is 6.24. The predicted molar refractivity (Wildman–Crippen MR) is 58.1 cm³/mol. The van der Waals surface area contributed by atoms with Crippen molar-refractivity contribution in [2.24, 2.45) is 15.7 Å². The van der Waals surface area contributed by atoms with Crippen LogP contribution in [0.25, 0.3) is 0 Å². The Bertz CT molecular complexity index is 200. The minimum Gasteiger partial charge on any atom is -0.401 e. The fourth-order valence-corrected chi connectivity index (χ4v) is 0.505. The smallest absolute Gasteiger partial charge is 0.0453 e. The number of rotatable bonds is 3. The van der Waals surface area contributed by atoms with Crippen LogP contribution in [0.15, 0.2) is 32.2 Å². The van der Waals surface area contributed by atoms with Crippen molar-refractivity contribution < 1.29 is 0 Å². The Hall–Kier alpha value is -0.650. The zero-order valence-corrected chi connectivity index (χ0v) is 8.39. The first-order chi connectivity index (χ1) is 5.27. The molecule has 0 aliphatic rings. The van der Waals surface area contributed by atoms with Crippen LogP contribution in [0.5, 0.6) is 0 Å². The molecule has 11 heavy (non-hydrogen) atoms. The van der Waals surface area contributed by atoms with E-state index in [4.69, 9.17) is 5.73 Å². The molecule has 0 aliphatic carbocycles. The van der Waals surface area contributed by atoms with Gasteiger partial charge in [0.25, 0.3) is 0 Å². The van der Waals surface area contributed by atoms with Gasteiger partial charge in [-0.1, -0.05) is 22.6 Å². The molecule has 0 fully saturated rings. The molecule has 0 saturated carbocycles. The van der Waals surface area contributed by atoms with E-state index in [2.05, 4.69) is 32.6 Å². The second kappa shape index (κ2) is 7.46. The largest absolute Gasteiger partial charge is 0.401 e. The van der Waals surface area contributed by atoms with Crippen LogP contribution >= 0.6 is 22.6 Å². The molecule has 0 heterocycles. The van der Waals surface area contributed by atoms with Crippen LogP contribution in [0, 0.1) is 0 Å². The topological polar surface area (TPSA) is 50.7 Å². The summed E-state index contributed by atoms with van der Waals surface area (Å²) in [5.74, 6) is 0. The van der Waals surface area contributed by atoms with E-state index in [1.54, 1.807) is 31.8 Å². The minimum absolute atomic E-state index is 0.680. The minimum atomic E-state index is 0.680. The van der Waals surface area contributed by atoms with Gasteiger partial charge in [0.15, 0.2) is 0 Å². The third kappa shape index (κ3) is 9.35. The number of hydrogen-bond donors (Lipinski definition) is 1. The first-order valence-electron chi connectivity index (χ1n) is 3.00. The summed E-state index contributed by atoms with van der Waals surface area (Å²) in [5, 5.41) is 0. The maximum atomic E-state index is 5.32. The molecule has 2 N–H and O–H groups in total. The molecule has 0 atom stereocenters. The summed E-state index contributed by atoms with van der Waals surface area (Å²) >= 11 is 2.09. The van der Waals surface area contributed by atoms with Gasteiger partial charge in [0.1, 0.15) is 0 Å². The fourth-order valence-electron chi connectivity index (χ4n) is 0.320. The molecular formula is C7H10IN3. The second-order valence-corrected chi connectivity index (χ2v) is 2.46. The van der Waals surface area contributed by atoms with Crippen molar-refractivity contribution in [3.8, 4) is 0 Å². The van der Waals surface area contributed by atoms with Crippen LogP contribution in [0.4, 0.5) is 0 Å². The number of hydrogen-bond acceptors (Lipinski definition) is 3. The maximum absolute atomic E-state index is 5.32. The molecule has 0 saturated heterocycles. The number of nitrogens with two attached hydrogens (primary N) is 1. The predicted octanol–water partition coefficient (Wildman–Crippen LogP) is 1.85. The molecule has 0 aromatic heterocycles. The van der Waals surface area contributed by atoms with Gasteiger partial charge in [-0.25, -0.2) is 0 Å². The van der Waals surface area contributed by atoms with E-state index in [0.717, 1.165) is 0 Å². The van der Waals surface area contributed by atoms with E-state index in [1.807, 2.05) is 4.08 Å². The van der Waals surface area contributed by atoms with E-state index in [1.165, 1.54) is 0 Å². The van der Waals surface area contributed by atoms with Gasteiger partial charge in [-0.05, 0) is 11.0 Å². The molecule has 0 spiro atoms. The normalized spacial score (nSPS) is 14.2. The third-order valence-electron chi connectivity index (χ3n) is 0.659. The second-order valence-electron chi connectivity index (χ2n) is 1.74. The maximum Gasteiger partial charge on any atom is 0.0453 e. The lowest BCUT2D eigenvalue weighted by Crippen LogP contribution is -1.88. The van der Waals surface area contributed by atoms with Crippen LogP contribution in [0.2, 0.25) is 0 Å². The Kier molecular flexibility index (Phi) is 7.02. The van der Waals surface area contributed by atoms with Gasteiger partial charge in [0.2, 0.25) is 0 Å². The van der Waals surface area contributed by atoms with Gasteiger partial charge >= 0.3 is 0 Å². The summed E-state index contributed by atoms with van der Waals surface area (Å²) in [6, 6.07) is 0. The average Bonchev–Trinajstić information content (AvgIpc) is 1.96. The summed E-state index contributed by atoms with van der Waals surface area (Å²) in [5.41, 5.74) is 6.00. The van der Waals surface area contributed by atoms with Crippen molar-refractivity contribution in [2.75, 3.05) is 0 Å². The van der Waals surface area contributed by atoms with Crippen LogP contribution in [0.1, 0.15) is 6.92 Å². The third-order valence-corrected chi connectivity index (χ3v) is 0.981. The monoisotopic (exact) mass is 263 g/mol. The Balaban J connectivity index is 3.69. The van der Waals surface area contributed by atoms with Crippen molar-refractivity contribution in [3.63, 3.8) is 0 Å². The van der Waals surface area contributed by atoms with Crippen LogP contribution in [-0.2, 0) is 0 Å². The summed E-state index contributed by atoms with van der Waals surface area (Å²) in [4.78, 5) is 7.70. The van der Waals surface area contributed by atoms with E-state index in [-0.39, 0.29) is 0 Å². The number of halogens is 1. The van der Waals surface area contributed by atoms with Crippen molar-refractivity contribution in [1.29, 1.82) is 0 Å². The first kappa shape index (κ1) is 10.3. The van der Waals surface area contributed by atoms with E-state index >= 15 is 0 Å². The molecule has 3 nitrogen and oxygen atoms in total. The molecular weight excluding hydrogens is 253 g/mol. The number of nitrogens with zero attached hydrogens (tertiary/aromatic N) is 2. The lowest BCUT2D eigenvalue weighted by Gasteiger charge is -1.80. The lowest BCUT2D eigenvalue weighted by atomic mass is 10.6. The van der Waals surface area contributed by atoms with Crippen molar-refractivity contribution in [1.82, 2.24) is 0 Å². The van der Waals surface area contributed by atoms with Gasteiger partial charge in [-0.3, -0.25) is 9.98 Å². The number of allylic oxidation sites excluding steroid dienone is 1. The van der Waals surface area contributed by atoms with Gasteiger partial charge < -0.3 is 5.73 Å². The van der Waals surface area contributed by atoms with Gasteiger partial charge in [0, 0.05) is 30.5 Å². The highest BCUT2D eigenvalue weighted by molar-refractivity contribution is 14.1. The fraction of sp³-hybridized carbons (Fsp3) is 0.143. The van der Waals surface area contributed by atoms with Crippen LogP contribution < -0.4 is 5.73 Å². The first-order valence-corrected chi connectivity index (χ1v) is 4.24. The summed E-state index contributed by atoms with van der Waals surface area (Å²) < 4.78 is 1.81. The Morgan fingerprint density at radius 2 is 2.00 bits per heavy atom. The molecule has 60 valence electrons. The quantitative estimate of drug-likeness (QED) is 0.613. The molecule has 0 aromatic carbocycles. The highest BCUT2D eigenvalue weighted by Crippen LogP contribution is 1.82. The molecule has 0 amide bonds. The zero-order chi connectivity index (χ0) is 8.53. The highest BCUT2D eigenvalue weighted by Gasteiger charge is 1.68. The summed E-state index contributed by atoms with van der Waals surface area (Å²) in [6.07, 6.45) is 6.41. The Labute approximate surface area is 79.9 Å². The SMILES string of the molecule is CC(N)=CN=CC=N/C=C\I. The highest BCUT2D eigenvalue weighted by atomic mass is 127. The van der Waals surface area contributed by atoms with Crippen molar-refractivity contribution in [3.05, 3.63) is 22.2 Å². The average molecular weight is 263 g/mol. The van der Waals surface area contributed by atoms with Crippen molar-refractivity contribution in [2.45, 2.75) is 6.92 Å². The number of aliphatic imine (C=N–C) groups is 2. The molecule has 4 heteroatoms. The van der Waals surface area contributed by atoms with E-state index in [0.29, 0.717) is 5.70 Å². The Morgan fingerprint density at radius 1 is 1.36 bits per heavy atom. The van der Waals surface area contributed by atoms with Crippen LogP contribution in [-0.4, -0.2) is 12.4 Å². The lowest BCUT2D eigenvalue weighted by molar-refractivity contribution is 1.28.